The van der Waals surface area contributed by atoms with Crippen molar-refractivity contribution in [3.8, 4) is 0 Å². The molecule has 1 aromatic carbocycles. The van der Waals surface area contributed by atoms with E-state index in [0.29, 0.717) is 12.1 Å². The van der Waals surface area contributed by atoms with Crippen molar-refractivity contribution in [3.05, 3.63) is 29.6 Å². The molecule has 0 unspecified atom stereocenters. The van der Waals surface area contributed by atoms with Crippen molar-refractivity contribution in [2.45, 2.75) is 56.5 Å². The molecule has 6 heteroatoms. The Morgan fingerprint density at radius 3 is 2.67 bits per heavy atom. The summed E-state index contributed by atoms with van der Waals surface area (Å²) in [6.45, 7) is 3.26. The predicted molar refractivity (Wildman–Crippen MR) is 81.0 cm³/mol. The van der Waals surface area contributed by atoms with Gasteiger partial charge in [-0.15, -0.1) is 0 Å². The van der Waals surface area contributed by atoms with Crippen molar-refractivity contribution in [1.29, 1.82) is 0 Å². The fraction of sp³-hybridized carbons (Fsp3) is 0.600. The molecule has 0 spiro atoms. The summed E-state index contributed by atoms with van der Waals surface area (Å²) >= 11 is 0. The van der Waals surface area contributed by atoms with Crippen molar-refractivity contribution in [3.63, 3.8) is 0 Å². The smallest absolute Gasteiger partial charge is 0.241 e. The SMILES string of the molecule is CCCNCc1ccc(F)cc1S(=O)(=O)NC1CCCC1. The maximum Gasteiger partial charge on any atom is 0.241 e. The van der Waals surface area contributed by atoms with Gasteiger partial charge in [0.25, 0.3) is 0 Å². The van der Waals surface area contributed by atoms with Crippen molar-refractivity contribution in [2.24, 2.45) is 0 Å². The van der Waals surface area contributed by atoms with E-state index in [9.17, 15) is 12.8 Å². The highest BCUT2D eigenvalue weighted by atomic mass is 32.2. The second-order valence-corrected chi connectivity index (χ2v) is 7.21. The van der Waals surface area contributed by atoms with Gasteiger partial charge in [0, 0.05) is 12.6 Å². The van der Waals surface area contributed by atoms with Crippen LogP contribution in [-0.4, -0.2) is 21.0 Å². The van der Waals surface area contributed by atoms with E-state index in [1.54, 1.807) is 6.07 Å². The van der Waals surface area contributed by atoms with Gasteiger partial charge in [-0.05, 0) is 43.5 Å². The first-order chi connectivity index (χ1) is 10.0. The van der Waals surface area contributed by atoms with Crippen LogP contribution in [0.1, 0.15) is 44.6 Å². The maximum atomic E-state index is 13.5. The molecule has 2 N–H and O–H groups in total. The van der Waals surface area contributed by atoms with E-state index in [2.05, 4.69) is 10.0 Å². The van der Waals surface area contributed by atoms with Crippen LogP contribution in [0, 0.1) is 5.82 Å². The lowest BCUT2D eigenvalue weighted by Crippen LogP contribution is -2.33. The fourth-order valence-corrected chi connectivity index (χ4v) is 4.21. The zero-order chi connectivity index (χ0) is 15.3. The van der Waals surface area contributed by atoms with Crippen molar-refractivity contribution in [1.82, 2.24) is 10.0 Å². The quantitative estimate of drug-likeness (QED) is 0.761. The van der Waals surface area contributed by atoms with Crippen LogP contribution in [-0.2, 0) is 16.6 Å². The molecule has 1 aliphatic rings. The molecule has 0 bridgehead atoms. The molecule has 0 radical (unpaired) electrons. The van der Waals surface area contributed by atoms with Crippen LogP contribution in [0.4, 0.5) is 4.39 Å². The highest BCUT2D eigenvalue weighted by molar-refractivity contribution is 7.89. The molecule has 1 aliphatic carbocycles. The molecule has 4 nitrogen and oxygen atoms in total. The van der Waals surface area contributed by atoms with Gasteiger partial charge in [-0.25, -0.2) is 17.5 Å². The molecular weight excluding hydrogens is 291 g/mol. The molecule has 1 aromatic rings. The van der Waals surface area contributed by atoms with E-state index in [1.165, 1.54) is 6.07 Å². The molecule has 2 rings (SSSR count). The molecule has 0 aromatic heterocycles. The molecular formula is C15H23FN2O2S. The van der Waals surface area contributed by atoms with Gasteiger partial charge in [-0.2, -0.15) is 0 Å². The van der Waals surface area contributed by atoms with Gasteiger partial charge >= 0.3 is 0 Å². The van der Waals surface area contributed by atoms with Gasteiger partial charge in [0.1, 0.15) is 5.82 Å². The number of nitrogens with one attached hydrogen (secondary N) is 2. The summed E-state index contributed by atoms with van der Waals surface area (Å²) in [5, 5.41) is 3.16. The molecule has 1 saturated carbocycles. The van der Waals surface area contributed by atoms with E-state index in [4.69, 9.17) is 0 Å². The van der Waals surface area contributed by atoms with E-state index >= 15 is 0 Å². The molecule has 1 fully saturated rings. The van der Waals surface area contributed by atoms with Crippen molar-refractivity contribution < 1.29 is 12.8 Å². The highest BCUT2D eigenvalue weighted by Crippen LogP contribution is 2.22. The maximum absolute atomic E-state index is 13.5. The normalized spacial score (nSPS) is 16.5. The van der Waals surface area contributed by atoms with Crippen LogP contribution in [0.25, 0.3) is 0 Å². The third kappa shape index (κ3) is 4.49. The van der Waals surface area contributed by atoms with E-state index in [-0.39, 0.29) is 10.9 Å². The number of rotatable bonds is 7. The van der Waals surface area contributed by atoms with E-state index in [0.717, 1.165) is 44.7 Å². The van der Waals surface area contributed by atoms with Gasteiger partial charge in [0.05, 0.1) is 4.90 Å². The fourth-order valence-electron chi connectivity index (χ4n) is 2.65. The van der Waals surface area contributed by atoms with Crippen LogP contribution in [0.2, 0.25) is 0 Å². The van der Waals surface area contributed by atoms with Gasteiger partial charge in [0.15, 0.2) is 0 Å². The third-order valence-corrected chi connectivity index (χ3v) is 5.34. The predicted octanol–water partition coefficient (Wildman–Crippen LogP) is 2.55. The average Bonchev–Trinajstić information content (AvgIpc) is 2.92. The Kier molecular flexibility index (Phi) is 5.72. The zero-order valence-corrected chi connectivity index (χ0v) is 13.2. The topological polar surface area (TPSA) is 58.2 Å². The number of halogens is 1. The summed E-state index contributed by atoms with van der Waals surface area (Å²) in [6, 6.07) is 3.94. The highest BCUT2D eigenvalue weighted by Gasteiger charge is 2.25. The van der Waals surface area contributed by atoms with E-state index in [1.807, 2.05) is 6.92 Å². The van der Waals surface area contributed by atoms with Gasteiger partial charge in [-0.3, -0.25) is 0 Å². The lowest BCUT2D eigenvalue weighted by atomic mass is 10.2. The van der Waals surface area contributed by atoms with Crippen LogP contribution in [0.15, 0.2) is 23.1 Å². The minimum Gasteiger partial charge on any atom is -0.313 e. The zero-order valence-electron chi connectivity index (χ0n) is 12.4. The molecule has 0 aliphatic heterocycles. The largest absolute Gasteiger partial charge is 0.313 e. The Bertz CT molecular complexity index is 569. The summed E-state index contributed by atoms with van der Waals surface area (Å²) in [5.41, 5.74) is 0.607. The third-order valence-electron chi connectivity index (χ3n) is 3.74. The molecule has 21 heavy (non-hydrogen) atoms. The molecule has 0 saturated heterocycles. The van der Waals surface area contributed by atoms with Crippen LogP contribution < -0.4 is 10.0 Å². The summed E-state index contributed by atoms with van der Waals surface area (Å²) in [4.78, 5) is 0.0537. The van der Waals surface area contributed by atoms with E-state index < -0.39 is 15.8 Å². The van der Waals surface area contributed by atoms with Gasteiger partial charge in [-0.1, -0.05) is 25.8 Å². The number of hydrogen-bond donors (Lipinski definition) is 2. The summed E-state index contributed by atoms with van der Waals surface area (Å²) in [5.74, 6) is -0.527. The Hall–Kier alpha value is -0.980. The Balaban J connectivity index is 2.20. The molecule has 0 amide bonds. The van der Waals surface area contributed by atoms with Gasteiger partial charge in [0.2, 0.25) is 10.0 Å². The molecule has 0 heterocycles. The second kappa shape index (κ2) is 7.33. The van der Waals surface area contributed by atoms with Crippen LogP contribution in [0.5, 0.6) is 0 Å². The second-order valence-electron chi connectivity index (χ2n) is 5.53. The number of benzene rings is 1. The van der Waals surface area contributed by atoms with Crippen molar-refractivity contribution in [2.75, 3.05) is 6.54 Å². The molecule has 118 valence electrons. The lowest BCUT2D eigenvalue weighted by molar-refractivity contribution is 0.547. The van der Waals surface area contributed by atoms with Gasteiger partial charge < -0.3 is 5.32 Å². The van der Waals surface area contributed by atoms with Crippen LogP contribution in [0.3, 0.4) is 0 Å². The monoisotopic (exact) mass is 314 g/mol. The molecule has 0 atom stereocenters. The summed E-state index contributed by atoms with van der Waals surface area (Å²) in [7, 11) is -3.66. The lowest BCUT2D eigenvalue weighted by Gasteiger charge is -2.16. The van der Waals surface area contributed by atoms with Crippen LogP contribution >= 0.6 is 0 Å². The first kappa shape index (κ1) is 16.4. The summed E-state index contributed by atoms with van der Waals surface area (Å²) < 4.78 is 41.2. The Labute approximate surface area is 126 Å². The minimum atomic E-state index is -3.66. The summed E-state index contributed by atoms with van der Waals surface area (Å²) in [6.07, 6.45) is 4.77. The first-order valence-electron chi connectivity index (χ1n) is 7.54. The first-order valence-corrected chi connectivity index (χ1v) is 9.02. The number of sulfonamides is 1. The Morgan fingerprint density at radius 2 is 2.00 bits per heavy atom. The van der Waals surface area contributed by atoms with Crippen molar-refractivity contribution >= 4 is 10.0 Å². The number of hydrogen-bond acceptors (Lipinski definition) is 3. The Morgan fingerprint density at radius 1 is 1.29 bits per heavy atom. The average molecular weight is 314 g/mol. The minimum absolute atomic E-state index is 0.0188. The standard InChI is InChI=1S/C15H23FN2O2S/c1-2-9-17-11-12-7-8-13(16)10-15(12)21(19,20)18-14-5-3-4-6-14/h7-8,10,14,17-18H,2-6,9,11H2,1H3.